The van der Waals surface area contributed by atoms with Gasteiger partial charge in [0.05, 0.1) is 12.2 Å². The second kappa shape index (κ2) is 6.85. The van der Waals surface area contributed by atoms with Crippen LogP contribution in [0.15, 0.2) is 12.4 Å². The smallest absolute Gasteiger partial charge is 0.223 e. The fourth-order valence-corrected chi connectivity index (χ4v) is 5.31. The average Bonchev–Trinajstić information content (AvgIpc) is 3.08. The van der Waals surface area contributed by atoms with Gasteiger partial charge in [-0.2, -0.15) is 0 Å². The minimum atomic E-state index is 0.267. The lowest BCUT2D eigenvalue weighted by Gasteiger charge is -2.43. The molecule has 132 valence electrons. The van der Waals surface area contributed by atoms with Crippen molar-refractivity contribution in [2.45, 2.75) is 76.7 Å². The largest absolute Gasteiger partial charge is 0.356 e. The fourth-order valence-electron chi connectivity index (χ4n) is 5.31. The lowest BCUT2D eigenvalue weighted by Crippen LogP contribution is -2.42. The van der Waals surface area contributed by atoms with E-state index < -0.39 is 0 Å². The van der Waals surface area contributed by atoms with Crippen molar-refractivity contribution in [2.75, 3.05) is 6.54 Å². The van der Waals surface area contributed by atoms with Crippen LogP contribution in [0.4, 0.5) is 0 Å². The summed E-state index contributed by atoms with van der Waals surface area (Å²) < 4.78 is 1.95. The zero-order valence-corrected chi connectivity index (χ0v) is 14.6. The Morgan fingerprint density at radius 3 is 2.71 bits per heavy atom. The molecule has 0 saturated heterocycles. The van der Waals surface area contributed by atoms with Crippen molar-refractivity contribution >= 4 is 5.91 Å². The Bertz CT molecular complexity index is 538. The average molecular weight is 330 g/mol. The molecule has 3 saturated carbocycles. The van der Waals surface area contributed by atoms with E-state index in [2.05, 4.69) is 15.6 Å². The predicted molar refractivity (Wildman–Crippen MR) is 92.3 cm³/mol. The van der Waals surface area contributed by atoms with Crippen molar-refractivity contribution in [3.63, 3.8) is 0 Å². The molecular formula is C19H30N4O. The molecule has 3 aliphatic rings. The highest BCUT2D eigenvalue weighted by atomic mass is 16.1. The van der Waals surface area contributed by atoms with Crippen LogP contribution in [0.25, 0.3) is 0 Å². The Morgan fingerprint density at radius 1 is 1.17 bits per heavy atom. The Hall–Kier alpha value is -1.39. The highest BCUT2D eigenvalue weighted by Gasteiger charge is 2.39. The van der Waals surface area contributed by atoms with Crippen LogP contribution in [-0.4, -0.2) is 27.4 Å². The zero-order chi connectivity index (χ0) is 16.4. The minimum absolute atomic E-state index is 0.267. The number of hydrogen-bond acceptors (Lipinski definition) is 3. The third-order valence-corrected chi connectivity index (χ3v) is 6.81. The molecular weight excluding hydrogens is 300 g/mol. The SMILES string of the molecule is O=C(NCC1CC(n2ccnn2)C1)C1CCCC2(CCCCC2)C1. The zero-order valence-electron chi connectivity index (χ0n) is 14.6. The van der Waals surface area contributed by atoms with Gasteiger partial charge in [0.1, 0.15) is 0 Å². The maximum Gasteiger partial charge on any atom is 0.223 e. The fraction of sp³-hybridized carbons (Fsp3) is 0.842. The quantitative estimate of drug-likeness (QED) is 0.919. The molecule has 24 heavy (non-hydrogen) atoms. The lowest BCUT2D eigenvalue weighted by molar-refractivity contribution is -0.128. The van der Waals surface area contributed by atoms with Gasteiger partial charge in [-0.3, -0.25) is 4.79 Å². The number of nitrogens with zero attached hydrogens (tertiary/aromatic N) is 3. The van der Waals surface area contributed by atoms with Gasteiger partial charge in [0.25, 0.3) is 0 Å². The van der Waals surface area contributed by atoms with E-state index in [-0.39, 0.29) is 5.92 Å². The molecule has 1 N–H and O–H groups in total. The van der Waals surface area contributed by atoms with E-state index in [1.54, 1.807) is 6.20 Å². The van der Waals surface area contributed by atoms with Gasteiger partial charge in [0, 0.05) is 18.7 Å². The van der Waals surface area contributed by atoms with Crippen molar-refractivity contribution in [1.82, 2.24) is 20.3 Å². The van der Waals surface area contributed by atoms with E-state index in [4.69, 9.17) is 0 Å². The molecule has 0 aromatic carbocycles. The highest BCUT2D eigenvalue weighted by molar-refractivity contribution is 5.78. The van der Waals surface area contributed by atoms with Gasteiger partial charge in [0.2, 0.25) is 5.91 Å². The highest BCUT2D eigenvalue weighted by Crippen LogP contribution is 2.49. The molecule has 1 aromatic heterocycles. The summed E-state index contributed by atoms with van der Waals surface area (Å²) in [5.74, 6) is 1.20. The van der Waals surface area contributed by atoms with Gasteiger partial charge in [-0.15, -0.1) is 5.10 Å². The molecule has 0 radical (unpaired) electrons. The molecule has 1 unspecified atom stereocenters. The maximum atomic E-state index is 12.6. The van der Waals surface area contributed by atoms with Crippen LogP contribution < -0.4 is 5.32 Å². The molecule has 1 amide bonds. The number of carbonyl (C=O) groups is 1. The first-order chi connectivity index (χ1) is 11.7. The molecule has 1 spiro atoms. The van der Waals surface area contributed by atoms with Crippen LogP contribution in [0, 0.1) is 17.3 Å². The molecule has 3 aliphatic carbocycles. The number of hydrogen-bond donors (Lipinski definition) is 1. The summed E-state index contributed by atoms with van der Waals surface area (Å²) in [5, 5.41) is 11.2. The first-order valence-corrected chi connectivity index (χ1v) is 9.88. The standard InChI is InChI=1S/C19H30N4O/c24-18(16-5-4-8-19(13-16)6-2-1-3-7-19)20-14-15-11-17(12-15)23-10-9-21-22-23/h9-10,15-17H,1-8,11-14H2,(H,20,24). The monoisotopic (exact) mass is 330 g/mol. The molecule has 1 heterocycles. The number of amides is 1. The summed E-state index contributed by atoms with van der Waals surface area (Å²) in [4.78, 5) is 12.6. The van der Waals surface area contributed by atoms with Gasteiger partial charge in [-0.1, -0.05) is 30.9 Å². The van der Waals surface area contributed by atoms with E-state index in [9.17, 15) is 4.79 Å². The van der Waals surface area contributed by atoms with Gasteiger partial charge in [-0.05, 0) is 56.3 Å². The number of carbonyl (C=O) groups excluding carboxylic acids is 1. The van der Waals surface area contributed by atoms with Crippen LogP contribution >= 0.6 is 0 Å². The van der Waals surface area contributed by atoms with Crippen molar-refractivity contribution in [3.05, 3.63) is 12.4 Å². The van der Waals surface area contributed by atoms with Gasteiger partial charge in [-0.25, -0.2) is 4.68 Å². The summed E-state index contributed by atoms with van der Waals surface area (Å²) in [7, 11) is 0. The van der Waals surface area contributed by atoms with Crippen LogP contribution in [0.2, 0.25) is 0 Å². The molecule has 5 heteroatoms. The molecule has 4 rings (SSSR count). The van der Waals surface area contributed by atoms with E-state index in [0.29, 0.717) is 23.3 Å². The van der Waals surface area contributed by atoms with Crippen molar-refractivity contribution in [1.29, 1.82) is 0 Å². The summed E-state index contributed by atoms with van der Waals surface area (Å²) in [6, 6.07) is 0.481. The first kappa shape index (κ1) is 16.1. The van der Waals surface area contributed by atoms with Gasteiger partial charge in [0.15, 0.2) is 0 Å². The van der Waals surface area contributed by atoms with Crippen molar-refractivity contribution in [3.8, 4) is 0 Å². The Morgan fingerprint density at radius 2 is 1.96 bits per heavy atom. The molecule has 0 bridgehead atoms. The van der Waals surface area contributed by atoms with E-state index in [1.165, 1.54) is 44.9 Å². The van der Waals surface area contributed by atoms with E-state index in [1.807, 2.05) is 10.9 Å². The number of aromatic nitrogens is 3. The second-order valence-corrected chi connectivity index (χ2v) is 8.47. The summed E-state index contributed by atoms with van der Waals surface area (Å²) in [6.07, 6.45) is 17.6. The maximum absolute atomic E-state index is 12.6. The van der Waals surface area contributed by atoms with Crippen LogP contribution in [0.3, 0.4) is 0 Å². The lowest BCUT2D eigenvalue weighted by atomic mass is 9.62. The first-order valence-electron chi connectivity index (χ1n) is 9.88. The van der Waals surface area contributed by atoms with E-state index in [0.717, 1.165) is 32.2 Å². The normalized spacial score (nSPS) is 32.2. The van der Waals surface area contributed by atoms with Crippen LogP contribution in [0.1, 0.15) is 76.7 Å². The van der Waals surface area contributed by atoms with E-state index >= 15 is 0 Å². The minimum Gasteiger partial charge on any atom is -0.356 e. The topological polar surface area (TPSA) is 59.8 Å². The summed E-state index contributed by atoms with van der Waals surface area (Å²) >= 11 is 0. The second-order valence-electron chi connectivity index (χ2n) is 8.47. The van der Waals surface area contributed by atoms with Crippen LogP contribution in [0.5, 0.6) is 0 Å². The third-order valence-electron chi connectivity index (χ3n) is 6.81. The Balaban J connectivity index is 1.22. The van der Waals surface area contributed by atoms with Crippen molar-refractivity contribution < 1.29 is 4.79 Å². The molecule has 1 aromatic rings. The predicted octanol–water partition coefficient (Wildman–Crippen LogP) is 3.49. The number of nitrogens with one attached hydrogen (secondary N) is 1. The third kappa shape index (κ3) is 3.35. The summed E-state index contributed by atoms with van der Waals surface area (Å²) in [6.45, 7) is 0.841. The number of rotatable bonds is 4. The molecule has 5 nitrogen and oxygen atoms in total. The van der Waals surface area contributed by atoms with Crippen molar-refractivity contribution in [2.24, 2.45) is 17.3 Å². The van der Waals surface area contributed by atoms with Gasteiger partial charge < -0.3 is 5.32 Å². The Labute approximate surface area is 144 Å². The molecule has 0 aliphatic heterocycles. The molecule has 3 fully saturated rings. The Kier molecular flexibility index (Phi) is 4.59. The van der Waals surface area contributed by atoms with Gasteiger partial charge >= 0.3 is 0 Å². The molecule has 1 atom stereocenters. The van der Waals surface area contributed by atoms with Crippen LogP contribution in [-0.2, 0) is 4.79 Å². The summed E-state index contributed by atoms with van der Waals surface area (Å²) in [5.41, 5.74) is 0.507.